The van der Waals surface area contributed by atoms with Crippen LogP contribution in [0.5, 0.6) is 0 Å². The number of ether oxygens (including phenoxy) is 1. The highest BCUT2D eigenvalue weighted by Crippen LogP contribution is 2.25. The van der Waals surface area contributed by atoms with Gasteiger partial charge < -0.3 is 15.0 Å². The minimum absolute atomic E-state index is 0.00577. The maximum Gasteiger partial charge on any atom is 0.254 e. The Kier molecular flexibility index (Phi) is 5.94. The van der Waals surface area contributed by atoms with Gasteiger partial charge in [0, 0.05) is 38.1 Å². The maximum absolute atomic E-state index is 13.0. The molecule has 3 heterocycles. The van der Waals surface area contributed by atoms with Gasteiger partial charge in [-0.25, -0.2) is 0 Å². The molecule has 1 aromatic heterocycles. The zero-order chi connectivity index (χ0) is 20.2. The molecule has 7 heteroatoms. The van der Waals surface area contributed by atoms with E-state index in [0.717, 1.165) is 37.3 Å². The van der Waals surface area contributed by atoms with Crippen molar-refractivity contribution < 1.29 is 14.3 Å². The Morgan fingerprint density at radius 1 is 1.24 bits per heavy atom. The number of aryl methyl sites for hydroxylation is 1. The van der Waals surface area contributed by atoms with E-state index in [4.69, 9.17) is 4.74 Å². The second-order valence-electron chi connectivity index (χ2n) is 8.04. The Bertz CT molecular complexity index is 872. The van der Waals surface area contributed by atoms with Crippen LogP contribution >= 0.6 is 0 Å². The van der Waals surface area contributed by atoms with E-state index in [1.165, 1.54) is 0 Å². The van der Waals surface area contributed by atoms with Crippen LogP contribution in [0.25, 0.3) is 0 Å². The molecule has 2 aliphatic heterocycles. The van der Waals surface area contributed by atoms with Crippen molar-refractivity contribution in [3.63, 3.8) is 0 Å². The number of benzene rings is 1. The van der Waals surface area contributed by atoms with Crippen molar-refractivity contribution in [3.05, 3.63) is 53.3 Å². The highest BCUT2D eigenvalue weighted by molar-refractivity contribution is 5.94. The van der Waals surface area contributed by atoms with Crippen LogP contribution in [0.3, 0.4) is 0 Å². The lowest BCUT2D eigenvalue weighted by Crippen LogP contribution is -2.43. The summed E-state index contributed by atoms with van der Waals surface area (Å²) in [5.41, 5.74) is 2.70. The zero-order valence-corrected chi connectivity index (χ0v) is 16.8. The van der Waals surface area contributed by atoms with Crippen molar-refractivity contribution in [3.8, 4) is 0 Å². The van der Waals surface area contributed by atoms with Gasteiger partial charge in [-0.05, 0) is 43.9 Å². The molecule has 4 rings (SSSR count). The van der Waals surface area contributed by atoms with Crippen LogP contribution in [0.2, 0.25) is 0 Å². The van der Waals surface area contributed by atoms with Gasteiger partial charge in [0.05, 0.1) is 24.7 Å². The highest BCUT2D eigenvalue weighted by Gasteiger charge is 2.30. The molecule has 0 unspecified atom stereocenters. The number of carbonyl (C=O) groups excluding carboxylic acids is 2. The van der Waals surface area contributed by atoms with Gasteiger partial charge in [0.15, 0.2) is 0 Å². The van der Waals surface area contributed by atoms with E-state index < -0.39 is 0 Å². The Morgan fingerprint density at radius 2 is 2.07 bits per heavy atom. The second kappa shape index (κ2) is 8.78. The van der Waals surface area contributed by atoms with Gasteiger partial charge in [-0.2, -0.15) is 5.10 Å². The number of nitrogens with one attached hydrogen (secondary N) is 1. The molecule has 2 aromatic rings. The molecular formula is C22H28N4O3. The Labute approximate surface area is 171 Å². The van der Waals surface area contributed by atoms with Crippen molar-refractivity contribution in [2.45, 2.75) is 38.8 Å². The standard InChI is InChI=1S/C22H28N4O3/c1-16-3-2-4-18(11-16)22(28)25-14-19-5-8-24-26(19)20(15-25)12-21(27)23-13-17-6-9-29-10-7-17/h2-5,8,11,17,20H,6-7,9-10,12-15H2,1H3,(H,23,27)/t20-/m1/s1. The predicted molar refractivity (Wildman–Crippen MR) is 108 cm³/mol. The summed E-state index contributed by atoms with van der Waals surface area (Å²) in [6.45, 7) is 5.20. The number of aromatic nitrogens is 2. The fourth-order valence-electron chi connectivity index (χ4n) is 4.15. The molecule has 1 N–H and O–H groups in total. The van der Waals surface area contributed by atoms with Gasteiger partial charge >= 0.3 is 0 Å². The minimum Gasteiger partial charge on any atom is -0.381 e. The number of hydrogen-bond donors (Lipinski definition) is 1. The molecule has 1 saturated heterocycles. The lowest BCUT2D eigenvalue weighted by molar-refractivity contribution is -0.122. The molecule has 0 radical (unpaired) electrons. The third kappa shape index (κ3) is 4.67. The van der Waals surface area contributed by atoms with E-state index in [0.29, 0.717) is 37.5 Å². The van der Waals surface area contributed by atoms with E-state index >= 15 is 0 Å². The SMILES string of the molecule is Cc1cccc(C(=O)N2Cc3ccnn3[C@H](CC(=O)NCC3CCOCC3)C2)c1. The predicted octanol–water partition coefficient (Wildman–Crippen LogP) is 2.32. The average Bonchev–Trinajstić information content (AvgIpc) is 3.21. The fraction of sp³-hybridized carbons (Fsp3) is 0.500. The monoisotopic (exact) mass is 396 g/mol. The molecule has 1 aromatic carbocycles. The van der Waals surface area contributed by atoms with Crippen LogP contribution in [0.15, 0.2) is 36.5 Å². The Morgan fingerprint density at radius 3 is 2.86 bits per heavy atom. The van der Waals surface area contributed by atoms with Crippen molar-refractivity contribution in [2.24, 2.45) is 5.92 Å². The molecule has 154 valence electrons. The summed E-state index contributed by atoms with van der Waals surface area (Å²) < 4.78 is 7.27. The van der Waals surface area contributed by atoms with Gasteiger partial charge in [-0.15, -0.1) is 0 Å². The Balaban J connectivity index is 1.41. The zero-order valence-electron chi connectivity index (χ0n) is 16.8. The van der Waals surface area contributed by atoms with Gasteiger partial charge in [0.25, 0.3) is 5.91 Å². The van der Waals surface area contributed by atoms with E-state index in [9.17, 15) is 9.59 Å². The van der Waals surface area contributed by atoms with Crippen LogP contribution in [-0.2, 0) is 16.1 Å². The molecule has 0 bridgehead atoms. The summed E-state index contributed by atoms with van der Waals surface area (Å²) in [6, 6.07) is 9.40. The maximum atomic E-state index is 13.0. The molecule has 29 heavy (non-hydrogen) atoms. The molecular weight excluding hydrogens is 368 g/mol. The van der Waals surface area contributed by atoms with Crippen LogP contribution in [0, 0.1) is 12.8 Å². The topological polar surface area (TPSA) is 76.5 Å². The lowest BCUT2D eigenvalue weighted by atomic mass is 10.0. The summed E-state index contributed by atoms with van der Waals surface area (Å²) in [5.74, 6) is 0.486. The van der Waals surface area contributed by atoms with Crippen LogP contribution in [0.4, 0.5) is 0 Å². The first-order chi connectivity index (χ1) is 14.1. The third-order valence-electron chi connectivity index (χ3n) is 5.78. The molecule has 7 nitrogen and oxygen atoms in total. The van der Waals surface area contributed by atoms with Gasteiger partial charge in [0.2, 0.25) is 5.91 Å². The number of nitrogens with zero attached hydrogens (tertiary/aromatic N) is 3. The Hall–Kier alpha value is -2.67. The normalized spacial score (nSPS) is 19.6. The van der Waals surface area contributed by atoms with Crippen LogP contribution in [-0.4, -0.2) is 52.8 Å². The molecule has 2 amide bonds. The van der Waals surface area contributed by atoms with Gasteiger partial charge in [-0.1, -0.05) is 17.7 Å². The summed E-state index contributed by atoms with van der Waals surface area (Å²) in [5, 5.41) is 7.47. The van der Waals surface area contributed by atoms with Crippen LogP contribution < -0.4 is 5.32 Å². The molecule has 1 fully saturated rings. The quantitative estimate of drug-likeness (QED) is 0.842. The first-order valence-electron chi connectivity index (χ1n) is 10.3. The van der Waals surface area contributed by atoms with Crippen molar-refractivity contribution in [1.29, 1.82) is 0 Å². The highest BCUT2D eigenvalue weighted by atomic mass is 16.5. The summed E-state index contributed by atoms with van der Waals surface area (Å²) >= 11 is 0. The van der Waals surface area contributed by atoms with E-state index in [-0.39, 0.29) is 17.9 Å². The van der Waals surface area contributed by atoms with Gasteiger partial charge in [0.1, 0.15) is 0 Å². The second-order valence-corrected chi connectivity index (χ2v) is 8.04. The number of fused-ring (bicyclic) bond motifs is 1. The number of amides is 2. The molecule has 0 saturated carbocycles. The van der Waals surface area contributed by atoms with Crippen molar-refractivity contribution >= 4 is 11.8 Å². The van der Waals surface area contributed by atoms with E-state index in [1.807, 2.05) is 46.8 Å². The first kappa shape index (κ1) is 19.6. The van der Waals surface area contributed by atoms with E-state index in [2.05, 4.69) is 10.4 Å². The summed E-state index contributed by atoms with van der Waals surface area (Å²) in [7, 11) is 0. The van der Waals surface area contributed by atoms with Crippen molar-refractivity contribution in [1.82, 2.24) is 20.0 Å². The van der Waals surface area contributed by atoms with Gasteiger partial charge in [-0.3, -0.25) is 14.3 Å². The van der Waals surface area contributed by atoms with Crippen molar-refractivity contribution in [2.75, 3.05) is 26.3 Å². The number of carbonyl (C=O) groups is 2. The number of hydrogen-bond acceptors (Lipinski definition) is 4. The average molecular weight is 396 g/mol. The first-order valence-corrected chi connectivity index (χ1v) is 10.3. The third-order valence-corrected chi connectivity index (χ3v) is 5.78. The fourth-order valence-corrected chi connectivity index (χ4v) is 4.15. The largest absolute Gasteiger partial charge is 0.381 e. The lowest BCUT2D eigenvalue weighted by Gasteiger charge is -2.34. The molecule has 2 aliphatic rings. The summed E-state index contributed by atoms with van der Waals surface area (Å²) in [6.07, 6.45) is 4.04. The van der Waals surface area contributed by atoms with E-state index in [1.54, 1.807) is 6.20 Å². The smallest absolute Gasteiger partial charge is 0.254 e. The summed E-state index contributed by atoms with van der Waals surface area (Å²) in [4.78, 5) is 27.4. The number of rotatable bonds is 5. The molecule has 1 atom stereocenters. The van der Waals surface area contributed by atoms with Crippen LogP contribution in [0.1, 0.15) is 46.9 Å². The molecule has 0 spiro atoms. The molecule has 0 aliphatic carbocycles. The minimum atomic E-state index is -0.155.